The third-order valence-corrected chi connectivity index (χ3v) is 3.98. The zero-order valence-corrected chi connectivity index (χ0v) is 8.73. The number of halogens is 2. The van der Waals surface area contributed by atoms with E-state index in [1.807, 2.05) is 0 Å². The van der Waals surface area contributed by atoms with Crippen LogP contribution < -0.4 is 0 Å². The van der Waals surface area contributed by atoms with E-state index in [2.05, 4.69) is 0 Å². The van der Waals surface area contributed by atoms with Gasteiger partial charge in [0.2, 0.25) is 0 Å². The van der Waals surface area contributed by atoms with Gasteiger partial charge in [-0.2, -0.15) is 0 Å². The van der Waals surface area contributed by atoms with Crippen LogP contribution in [-0.2, 0) is 12.8 Å². The highest BCUT2D eigenvalue weighted by Gasteiger charge is 2.39. The van der Waals surface area contributed by atoms with Gasteiger partial charge in [0.15, 0.2) is 0 Å². The topological polar surface area (TPSA) is 40.5 Å². The lowest BCUT2D eigenvalue weighted by atomic mass is 9.75. The summed E-state index contributed by atoms with van der Waals surface area (Å²) in [4.78, 5) is 0. The van der Waals surface area contributed by atoms with Gasteiger partial charge in [-0.3, -0.25) is 0 Å². The number of hydrogen-bond donors (Lipinski definition) is 2. The van der Waals surface area contributed by atoms with Gasteiger partial charge in [-0.05, 0) is 11.1 Å². The molecule has 0 saturated heterocycles. The molecule has 0 heterocycles. The van der Waals surface area contributed by atoms with Gasteiger partial charge in [-0.25, -0.2) is 0 Å². The Hall–Kier alpha value is -0.280. The van der Waals surface area contributed by atoms with Gasteiger partial charge in [0.1, 0.15) is 0 Å². The molecule has 0 bridgehead atoms. The Morgan fingerprint density at radius 2 is 1.21 bits per heavy atom. The maximum absolute atomic E-state index is 9.51. The normalized spacial score (nSPS) is 27.4. The molecule has 4 heteroatoms. The molecule has 1 aromatic rings. The molecule has 2 atom stereocenters. The second kappa shape index (κ2) is 2.64. The van der Waals surface area contributed by atoms with Crippen molar-refractivity contribution in [3.63, 3.8) is 0 Å². The van der Waals surface area contributed by atoms with Crippen molar-refractivity contribution in [2.75, 3.05) is 0 Å². The molecule has 2 N–H and O–H groups in total. The summed E-state index contributed by atoms with van der Waals surface area (Å²) in [5.41, 5.74) is 3.34. The van der Waals surface area contributed by atoms with Gasteiger partial charge >= 0.3 is 0 Å². The van der Waals surface area contributed by atoms with Crippen molar-refractivity contribution in [1.82, 2.24) is 0 Å². The second-order valence-electron chi connectivity index (χ2n) is 3.85. The summed E-state index contributed by atoms with van der Waals surface area (Å²) in [6, 6.07) is 0. The van der Waals surface area contributed by atoms with Crippen molar-refractivity contribution in [2.45, 2.75) is 25.0 Å². The van der Waals surface area contributed by atoms with E-state index in [4.69, 9.17) is 23.2 Å². The lowest BCUT2D eigenvalue weighted by Gasteiger charge is -2.37. The molecule has 14 heavy (non-hydrogen) atoms. The number of rotatable bonds is 0. The molecule has 0 aliphatic heterocycles. The Labute approximate surface area is 91.1 Å². The summed E-state index contributed by atoms with van der Waals surface area (Å²) in [7, 11) is 0. The second-order valence-corrected chi connectivity index (χ2v) is 4.61. The average Bonchev–Trinajstić information content (AvgIpc) is 2.07. The molecule has 74 valence electrons. The van der Waals surface area contributed by atoms with Gasteiger partial charge in [0.05, 0.1) is 22.3 Å². The van der Waals surface area contributed by atoms with E-state index in [9.17, 15) is 10.2 Å². The minimum absolute atomic E-state index is 0.474. The summed E-state index contributed by atoms with van der Waals surface area (Å²) in [6.07, 6.45) is 0.151. The van der Waals surface area contributed by atoms with Crippen molar-refractivity contribution >= 4 is 23.2 Å². The first-order valence-corrected chi connectivity index (χ1v) is 5.25. The monoisotopic (exact) mass is 230 g/mol. The lowest BCUT2D eigenvalue weighted by molar-refractivity contribution is 0.142. The van der Waals surface area contributed by atoms with E-state index < -0.39 is 12.2 Å². The Balaban J connectivity index is 2.30. The SMILES string of the molecule is OC1Cc2c(Cl)c3c(c(Cl)c21)CC3O. The van der Waals surface area contributed by atoms with E-state index in [0.717, 1.165) is 22.3 Å². The zero-order valence-electron chi connectivity index (χ0n) is 7.22. The van der Waals surface area contributed by atoms with Crippen LogP contribution in [-0.4, -0.2) is 10.2 Å². The van der Waals surface area contributed by atoms with Crippen LogP contribution in [0.25, 0.3) is 0 Å². The predicted octanol–water partition coefficient (Wildman–Crippen LogP) is 2.17. The largest absolute Gasteiger partial charge is 0.388 e. The number of hydrogen-bond acceptors (Lipinski definition) is 2. The summed E-state index contributed by atoms with van der Waals surface area (Å²) in [5, 5.41) is 20.2. The molecule has 0 radical (unpaired) electrons. The molecule has 2 aliphatic rings. The van der Waals surface area contributed by atoms with Crippen molar-refractivity contribution in [3.05, 3.63) is 32.3 Å². The molecule has 0 spiro atoms. The fourth-order valence-corrected chi connectivity index (χ4v) is 3.09. The quantitative estimate of drug-likeness (QED) is 0.718. The Bertz CT molecular complexity index is 384. The smallest absolute Gasteiger partial charge is 0.0848 e. The fourth-order valence-electron chi connectivity index (χ4n) is 2.25. The number of aliphatic hydroxyl groups excluding tert-OH is 2. The molecule has 2 unspecified atom stereocenters. The van der Waals surface area contributed by atoms with Crippen molar-refractivity contribution in [3.8, 4) is 0 Å². The van der Waals surface area contributed by atoms with Crippen LogP contribution in [0.4, 0.5) is 0 Å². The lowest BCUT2D eigenvalue weighted by Crippen LogP contribution is -2.26. The van der Waals surface area contributed by atoms with Crippen molar-refractivity contribution < 1.29 is 10.2 Å². The standard InChI is InChI=1S/C10H8Cl2O2/c11-9-3-1-5(13)7(3)10(12)4-2-6(14)8(4)9/h5-6,13-14H,1-2H2. The van der Waals surface area contributed by atoms with Crippen LogP contribution in [0.3, 0.4) is 0 Å². The molecule has 2 aliphatic carbocycles. The average molecular weight is 231 g/mol. The van der Waals surface area contributed by atoms with Gasteiger partial charge < -0.3 is 10.2 Å². The van der Waals surface area contributed by atoms with Gasteiger partial charge in [0.25, 0.3) is 0 Å². The molecule has 0 fully saturated rings. The minimum Gasteiger partial charge on any atom is -0.388 e. The highest BCUT2D eigenvalue weighted by atomic mass is 35.5. The van der Waals surface area contributed by atoms with Crippen molar-refractivity contribution in [1.29, 1.82) is 0 Å². The van der Waals surface area contributed by atoms with E-state index in [-0.39, 0.29) is 0 Å². The molecule has 3 rings (SSSR count). The fraction of sp³-hybridized carbons (Fsp3) is 0.400. The molecule has 2 nitrogen and oxygen atoms in total. The summed E-state index contributed by atoms with van der Waals surface area (Å²) >= 11 is 12.2. The molecule has 0 saturated carbocycles. The summed E-state index contributed by atoms with van der Waals surface area (Å²) < 4.78 is 0. The van der Waals surface area contributed by atoms with E-state index in [1.54, 1.807) is 0 Å². The van der Waals surface area contributed by atoms with Gasteiger partial charge in [-0.1, -0.05) is 23.2 Å². The van der Waals surface area contributed by atoms with E-state index >= 15 is 0 Å². The Morgan fingerprint density at radius 3 is 1.50 bits per heavy atom. The summed E-state index contributed by atoms with van der Waals surface area (Å²) in [5.74, 6) is 0. The van der Waals surface area contributed by atoms with Crippen LogP contribution in [0, 0.1) is 0 Å². The van der Waals surface area contributed by atoms with Gasteiger partial charge in [-0.15, -0.1) is 0 Å². The molecule has 1 aromatic carbocycles. The van der Waals surface area contributed by atoms with Crippen LogP contribution in [0.2, 0.25) is 10.0 Å². The molecular weight excluding hydrogens is 223 g/mol. The third kappa shape index (κ3) is 0.854. The minimum atomic E-state index is -0.474. The zero-order chi connectivity index (χ0) is 10.0. The van der Waals surface area contributed by atoms with Gasteiger partial charge in [0, 0.05) is 24.0 Å². The van der Waals surface area contributed by atoms with Crippen molar-refractivity contribution in [2.24, 2.45) is 0 Å². The summed E-state index contributed by atoms with van der Waals surface area (Å²) in [6.45, 7) is 0. The van der Waals surface area contributed by atoms with E-state index in [1.165, 1.54) is 0 Å². The number of fused-ring (bicyclic) bond motifs is 2. The first-order chi connectivity index (χ1) is 6.61. The highest BCUT2D eigenvalue weighted by molar-refractivity contribution is 6.36. The predicted molar refractivity (Wildman–Crippen MR) is 53.8 cm³/mol. The number of benzene rings is 1. The highest BCUT2D eigenvalue weighted by Crippen LogP contribution is 2.52. The Morgan fingerprint density at radius 1 is 0.857 bits per heavy atom. The molecular formula is C10H8Cl2O2. The van der Waals surface area contributed by atoms with Crippen LogP contribution in [0.5, 0.6) is 0 Å². The maximum atomic E-state index is 9.51. The number of aliphatic hydroxyl groups is 2. The van der Waals surface area contributed by atoms with E-state index in [0.29, 0.717) is 22.9 Å². The maximum Gasteiger partial charge on any atom is 0.0848 e. The first kappa shape index (κ1) is 8.98. The Kier molecular flexibility index (Phi) is 1.69. The molecule has 0 amide bonds. The van der Waals surface area contributed by atoms with Crippen LogP contribution in [0.15, 0.2) is 0 Å². The van der Waals surface area contributed by atoms with Crippen LogP contribution in [0.1, 0.15) is 34.5 Å². The third-order valence-electron chi connectivity index (χ3n) is 3.11. The van der Waals surface area contributed by atoms with Crippen LogP contribution >= 0.6 is 23.2 Å². The first-order valence-electron chi connectivity index (χ1n) is 4.50. The molecule has 0 aromatic heterocycles.